The maximum Gasteiger partial charge on any atom is 0.321 e. The van der Waals surface area contributed by atoms with Crippen LogP contribution in [0.3, 0.4) is 0 Å². The zero-order chi connectivity index (χ0) is 12.8. The number of carbonyl (C=O) groups is 2. The van der Waals surface area contributed by atoms with Crippen molar-refractivity contribution < 1.29 is 14.3 Å². The Morgan fingerprint density at radius 1 is 1.53 bits per heavy atom. The Hall–Kier alpha value is -0.750. The van der Waals surface area contributed by atoms with Crippen molar-refractivity contribution in [1.29, 1.82) is 0 Å². The number of amides is 3. The van der Waals surface area contributed by atoms with Crippen molar-refractivity contribution in [1.82, 2.24) is 4.90 Å². The molecule has 1 aliphatic heterocycles. The van der Waals surface area contributed by atoms with Crippen LogP contribution in [-0.4, -0.2) is 47.6 Å². The molecule has 1 rings (SSSR count). The van der Waals surface area contributed by atoms with Crippen molar-refractivity contribution >= 4 is 23.7 Å². The topological polar surface area (TPSA) is 72.6 Å². The van der Waals surface area contributed by atoms with Crippen LogP contribution < -0.4 is 5.73 Å². The minimum Gasteiger partial charge on any atom is -0.385 e. The van der Waals surface area contributed by atoms with Gasteiger partial charge in [0.2, 0.25) is 5.91 Å². The second-order valence-corrected chi connectivity index (χ2v) is 5.54. The number of hydrogen-bond acceptors (Lipinski definition) is 4. The van der Waals surface area contributed by atoms with E-state index in [1.54, 1.807) is 18.9 Å². The number of methoxy groups -OCH3 is 1. The number of hydrogen-bond donors (Lipinski definition) is 1. The molecule has 2 atom stereocenters. The predicted molar refractivity (Wildman–Crippen MR) is 67.9 cm³/mol. The van der Waals surface area contributed by atoms with Crippen LogP contribution in [0.5, 0.6) is 0 Å². The third-order valence-electron chi connectivity index (χ3n) is 2.88. The van der Waals surface area contributed by atoms with Gasteiger partial charge < -0.3 is 10.5 Å². The number of rotatable bonds is 5. The molecule has 0 bridgehead atoms. The molecule has 98 valence electrons. The molecule has 0 saturated carbocycles. The van der Waals surface area contributed by atoms with E-state index in [2.05, 4.69) is 0 Å². The molecule has 1 saturated heterocycles. The fraction of sp³-hybridized carbons (Fsp3) is 0.818. The van der Waals surface area contributed by atoms with E-state index in [1.165, 1.54) is 11.8 Å². The molecule has 3 amide bonds. The van der Waals surface area contributed by atoms with Crippen LogP contribution in [0.1, 0.15) is 26.2 Å². The molecule has 0 aromatic carbocycles. The Morgan fingerprint density at radius 3 is 2.76 bits per heavy atom. The lowest BCUT2D eigenvalue weighted by Gasteiger charge is -2.23. The number of primary amides is 1. The molecule has 1 heterocycles. The highest BCUT2D eigenvalue weighted by Crippen LogP contribution is 2.32. The lowest BCUT2D eigenvalue weighted by atomic mass is 10.1. The molecule has 1 aliphatic rings. The Balaban J connectivity index is 2.42. The monoisotopic (exact) mass is 260 g/mol. The van der Waals surface area contributed by atoms with Crippen LogP contribution in [-0.2, 0) is 9.53 Å². The number of carbonyl (C=O) groups excluding carboxylic acids is 2. The summed E-state index contributed by atoms with van der Waals surface area (Å²) in [4.78, 5) is 23.7. The average Bonchev–Trinajstić information content (AvgIpc) is 2.65. The van der Waals surface area contributed by atoms with Crippen molar-refractivity contribution in [2.24, 2.45) is 5.73 Å². The van der Waals surface area contributed by atoms with Gasteiger partial charge in [0.25, 0.3) is 0 Å². The van der Waals surface area contributed by atoms with Crippen LogP contribution in [0.25, 0.3) is 0 Å². The number of urea groups is 1. The molecule has 2 N–H and O–H groups in total. The van der Waals surface area contributed by atoms with E-state index in [9.17, 15) is 9.59 Å². The summed E-state index contributed by atoms with van der Waals surface area (Å²) in [6.07, 6.45) is 2.91. The van der Waals surface area contributed by atoms with Gasteiger partial charge in [0.05, 0.1) is 6.04 Å². The molecule has 0 aromatic heterocycles. The molecular formula is C11H20N2O3S. The first-order valence-electron chi connectivity index (χ1n) is 5.76. The van der Waals surface area contributed by atoms with Gasteiger partial charge >= 0.3 is 6.03 Å². The molecule has 0 aromatic rings. The second kappa shape index (κ2) is 6.86. The van der Waals surface area contributed by atoms with E-state index >= 15 is 0 Å². The van der Waals surface area contributed by atoms with Gasteiger partial charge in [0.15, 0.2) is 0 Å². The van der Waals surface area contributed by atoms with Crippen molar-refractivity contribution in [2.45, 2.75) is 37.5 Å². The first-order valence-corrected chi connectivity index (χ1v) is 6.81. The summed E-state index contributed by atoms with van der Waals surface area (Å²) in [7, 11) is 1.69. The molecule has 0 aliphatic carbocycles. The molecule has 0 radical (unpaired) electrons. The minimum atomic E-state index is -0.638. The van der Waals surface area contributed by atoms with Crippen molar-refractivity contribution in [3.05, 3.63) is 0 Å². The normalized spacial score (nSPS) is 23.6. The summed E-state index contributed by atoms with van der Waals surface area (Å²) in [6.45, 7) is 2.14. The predicted octanol–water partition coefficient (Wildman–Crippen LogP) is 1.21. The van der Waals surface area contributed by atoms with Gasteiger partial charge in [-0.2, -0.15) is 11.8 Å². The SMILES string of the molecule is COCCC[C@H]1C[C@@H](N(C(C)=O)C(N)=O)CS1. The highest BCUT2D eigenvalue weighted by Gasteiger charge is 2.33. The molecule has 17 heavy (non-hydrogen) atoms. The second-order valence-electron chi connectivity index (χ2n) is 4.21. The number of nitrogens with zero attached hydrogens (tertiary/aromatic N) is 1. The summed E-state index contributed by atoms with van der Waals surface area (Å²) in [5.74, 6) is 0.529. The van der Waals surface area contributed by atoms with E-state index in [1.807, 2.05) is 0 Å². The van der Waals surface area contributed by atoms with Crippen LogP contribution in [0, 0.1) is 0 Å². The highest BCUT2D eigenvalue weighted by molar-refractivity contribution is 8.00. The Morgan fingerprint density at radius 2 is 2.24 bits per heavy atom. The average molecular weight is 260 g/mol. The fourth-order valence-electron chi connectivity index (χ4n) is 2.12. The molecule has 0 unspecified atom stereocenters. The van der Waals surface area contributed by atoms with Crippen molar-refractivity contribution in [3.8, 4) is 0 Å². The summed E-state index contributed by atoms with van der Waals surface area (Å²) in [6, 6.07) is -0.678. The van der Waals surface area contributed by atoms with Crippen molar-refractivity contribution in [3.63, 3.8) is 0 Å². The Kier molecular flexibility index (Phi) is 5.77. The van der Waals surface area contributed by atoms with Gasteiger partial charge in [0.1, 0.15) is 0 Å². The number of imide groups is 1. The molecule has 0 spiro atoms. The van der Waals surface area contributed by atoms with Crippen molar-refractivity contribution in [2.75, 3.05) is 19.5 Å². The van der Waals surface area contributed by atoms with Crippen LogP contribution in [0.2, 0.25) is 0 Å². The largest absolute Gasteiger partial charge is 0.385 e. The van der Waals surface area contributed by atoms with Crippen LogP contribution in [0.15, 0.2) is 0 Å². The third-order valence-corrected chi connectivity index (χ3v) is 4.35. The molecular weight excluding hydrogens is 240 g/mol. The van der Waals surface area contributed by atoms with Gasteiger partial charge in [0, 0.05) is 31.6 Å². The third kappa shape index (κ3) is 4.20. The molecule has 6 heteroatoms. The number of nitrogens with two attached hydrogens (primary N) is 1. The summed E-state index contributed by atoms with van der Waals surface area (Å²) in [5.41, 5.74) is 5.22. The first kappa shape index (κ1) is 14.3. The Bertz CT molecular complexity index is 272. The minimum absolute atomic E-state index is 0.0393. The van der Waals surface area contributed by atoms with Gasteiger partial charge in [-0.3, -0.25) is 9.69 Å². The van der Waals surface area contributed by atoms with E-state index in [-0.39, 0.29) is 11.9 Å². The summed E-state index contributed by atoms with van der Waals surface area (Å²) < 4.78 is 5.00. The van der Waals surface area contributed by atoms with E-state index in [0.717, 1.165) is 31.6 Å². The van der Waals surface area contributed by atoms with E-state index < -0.39 is 6.03 Å². The first-order chi connectivity index (χ1) is 8.06. The summed E-state index contributed by atoms with van der Waals surface area (Å²) >= 11 is 1.81. The quantitative estimate of drug-likeness (QED) is 0.754. The highest BCUT2D eigenvalue weighted by atomic mass is 32.2. The van der Waals surface area contributed by atoms with Gasteiger partial charge in [-0.25, -0.2) is 4.79 Å². The maximum absolute atomic E-state index is 11.3. The maximum atomic E-state index is 11.3. The summed E-state index contributed by atoms with van der Waals surface area (Å²) in [5, 5.41) is 0.497. The van der Waals surface area contributed by atoms with Crippen LogP contribution >= 0.6 is 11.8 Å². The zero-order valence-electron chi connectivity index (χ0n) is 10.3. The standard InChI is InChI=1S/C11H20N2O3S/c1-8(14)13(11(12)15)9-6-10(17-7-9)4-3-5-16-2/h9-10H,3-7H2,1-2H3,(H2,12,15)/t9-,10+/m1/s1. The lowest BCUT2D eigenvalue weighted by Crippen LogP contribution is -2.46. The zero-order valence-corrected chi connectivity index (χ0v) is 11.2. The number of thioether (sulfide) groups is 1. The number of ether oxygens (including phenoxy) is 1. The Labute approximate surface area is 106 Å². The van der Waals surface area contributed by atoms with Gasteiger partial charge in [-0.1, -0.05) is 0 Å². The van der Waals surface area contributed by atoms with Crippen LogP contribution in [0.4, 0.5) is 4.79 Å². The van der Waals surface area contributed by atoms with E-state index in [0.29, 0.717) is 5.25 Å². The smallest absolute Gasteiger partial charge is 0.321 e. The van der Waals surface area contributed by atoms with E-state index in [4.69, 9.17) is 10.5 Å². The van der Waals surface area contributed by atoms with Gasteiger partial charge in [-0.15, -0.1) is 0 Å². The lowest BCUT2D eigenvalue weighted by molar-refractivity contribution is -0.127. The van der Waals surface area contributed by atoms with Gasteiger partial charge in [-0.05, 0) is 19.3 Å². The fourth-order valence-corrected chi connectivity index (χ4v) is 3.59. The molecule has 5 nitrogen and oxygen atoms in total. The molecule has 1 fully saturated rings.